The monoisotopic (exact) mass is 478 g/mol. The summed E-state index contributed by atoms with van der Waals surface area (Å²) in [4.78, 5) is 26.5. The largest absolute Gasteiger partial charge is 0.497 e. The van der Waals surface area contributed by atoms with Crippen LogP contribution in [-0.2, 0) is 9.59 Å². The van der Waals surface area contributed by atoms with Crippen LogP contribution in [0, 0.1) is 0 Å². The lowest BCUT2D eigenvalue weighted by atomic mass is 10.2. The van der Waals surface area contributed by atoms with Crippen molar-refractivity contribution in [3.8, 4) is 28.7 Å². The maximum atomic E-state index is 12.5. The van der Waals surface area contributed by atoms with Crippen LogP contribution in [0.3, 0.4) is 0 Å². The molecular weight excluding hydrogens is 452 g/mol. The third kappa shape index (κ3) is 6.14. The summed E-state index contributed by atoms with van der Waals surface area (Å²) in [6, 6.07) is 19.3. The molecule has 3 aromatic rings. The molecule has 9 nitrogen and oxygen atoms in total. The third-order valence-corrected chi connectivity index (χ3v) is 5.24. The molecule has 9 heteroatoms. The minimum absolute atomic E-state index is 0.0599. The fourth-order valence-corrected chi connectivity index (χ4v) is 3.49. The van der Waals surface area contributed by atoms with Gasteiger partial charge in [-0.25, -0.2) is 0 Å². The normalized spacial score (nSPS) is 12.3. The van der Waals surface area contributed by atoms with Crippen molar-refractivity contribution in [2.24, 2.45) is 0 Å². The van der Waals surface area contributed by atoms with Crippen molar-refractivity contribution < 1.29 is 33.3 Å². The number of carbonyl (C=O) groups excluding carboxylic acids is 2. The number of hydrogen-bond donors (Lipinski definition) is 1. The van der Waals surface area contributed by atoms with Gasteiger partial charge in [0.15, 0.2) is 13.2 Å². The standard InChI is InChI=1S/C26H26N2O7/c1-31-19-7-9-20(10-8-19)33-13-12-28-23-14-18(6-11-24(23)35-17-26(28)30)27-25(29)16-34-22-5-3-4-21(15-22)32-2/h3-11,14-15H,12-13,16-17H2,1-2H3,(H,27,29). The molecule has 1 heterocycles. The first-order chi connectivity index (χ1) is 17.1. The Bertz CT molecular complexity index is 1180. The zero-order chi connectivity index (χ0) is 24.6. The van der Waals surface area contributed by atoms with E-state index in [0.717, 1.165) is 5.75 Å². The van der Waals surface area contributed by atoms with Crippen molar-refractivity contribution in [1.82, 2.24) is 0 Å². The van der Waals surface area contributed by atoms with Gasteiger partial charge in [0.1, 0.15) is 35.4 Å². The second-order valence-electron chi connectivity index (χ2n) is 7.56. The lowest BCUT2D eigenvalue weighted by Crippen LogP contribution is -2.41. The third-order valence-electron chi connectivity index (χ3n) is 5.24. The molecule has 1 aliphatic rings. The number of amides is 2. The average Bonchev–Trinajstić information content (AvgIpc) is 2.89. The maximum Gasteiger partial charge on any atom is 0.265 e. The summed E-state index contributed by atoms with van der Waals surface area (Å²) in [6.45, 7) is 0.356. The first-order valence-corrected chi connectivity index (χ1v) is 11.0. The number of carbonyl (C=O) groups is 2. The van der Waals surface area contributed by atoms with Crippen molar-refractivity contribution in [1.29, 1.82) is 0 Å². The van der Waals surface area contributed by atoms with E-state index in [1.54, 1.807) is 85.8 Å². The van der Waals surface area contributed by atoms with Crippen LogP contribution in [0.25, 0.3) is 0 Å². The van der Waals surface area contributed by atoms with Crippen LogP contribution >= 0.6 is 0 Å². The number of anilines is 2. The Balaban J connectivity index is 1.36. The highest BCUT2D eigenvalue weighted by Gasteiger charge is 2.26. The number of nitrogens with zero attached hydrogens (tertiary/aromatic N) is 1. The van der Waals surface area contributed by atoms with E-state index in [4.69, 9.17) is 23.7 Å². The molecule has 4 rings (SSSR count). The van der Waals surface area contributed by atoms with Gasteiger partial charge in [-0.05, 0) is 54.6 Å². The SMILES string of the molecule is COc1ccc(OCCN2C(=O)COc3ccc(NC(=O)COc4cccc(OC)c4)cc32)cc1. The molecule has 1 N–H and O–H groups in total. The Morgan fingerprint density at radius 3 is 2.43 bits per heavy atom. The van der Waals surface area contributed by atoms with Crippen molar-refractivity contribution in [3.05, 3.63) is 66.7 Å². The van der Waals surface area contributed by atoms with E-state index in [9.17, 15) is 9.59 Å². The number of benzene rings is 3. The van der Waals surface area contributed by atoms with E-state index in [0.29, 0.717) is 40.9 Å². The molecule has 0 unspecified atom stereocenters. The Labute approximate surface area is 203 Å². The van der Waals surface area contributed by atoms with Crippen LogP contribution in [0.4, 0.5) is 11.4 Å². The van der Waals surface area contributed by atoms with E-state index < -0.39 is 0 Å². The van der Waals surface area contributed by atoms with Crippen LogP contribution in [0.2, 0.25) is 0 Å². The lowest BCUT2D eigenvalue weighted by Gasteiger charge is -2.29. The number of fused-ring (bicyclic) bond motifs is 1. The summed E-state index contributed by atoms with van der Waals surface area (Å²) in [5.41, 5.74) is 1.08. The van der Waals surface area contributed by atoms with Gasteiger partial charge in [-0.2, -0.15) is 0 Å². The predicted molar refractivity (Wildman–Crippen MR) is 130 cm³/mol. The van der Waals surface area contributed by atoms with Gasteiger partial charge >= 0.3 is 0 Å². The van der Waals surface area contributed by atoms with Gasteiger partial charge in [-0.3, -0.25) is 9.59 Å². The molecule has 0 spiro atoms. The van der Waals surface area contributed by atoms with Gasteiger partial charge < -0.3 is 33.9 Å². The molecular formula is C26H26N2O7. The number of methoxy groups -OCH3 is 2. The Morgan fingerprint density at radius 2 is 1.66 bits per heavy atom. The minimum atomic E-state index is -0.342. The molecule has 0 saturated heterocycles. The van der Waals surface area contributed by atoms with Crippen LogP contribution < -0.4 is 33.9 Å². The van der Waals surface area contributed by atoms with E-state index in [-0.39, 0.29) is 31.6 Å². The first kappa shape index (κ1) is 23.7. The van der Waals surface area contributed by atoms with Gasteiger partial charge in [-0.1, -0.05) is 6.07 Å². The smallest absolute Gasteiger partial charge is 0.265 e. The molecule has 2 amide bonds. The number of nitrogens with one attached hydrogen (secondary N) is 1. The van der Waals surface area contributed by atoms with Gasteiger partial charge in [0.25, 0.3) is 11.8 Å². The zero-order valence-electron chi connectivity index (χ0n) is 19.5. The second kappa shape index (κ2) is 11.1. The van der Waals surface area contributed by atoms with Gasteiger partial charge in [0.05, 0.1) is 26.5 Å². The number of ether oxygens (including phenoxy) is 5. The van der Waals surface area contributed by atoms with Crippen molar-refractivity contribution in [3.63, 3.8) is 0 Å². The quantitative estimate of drug-likeness (QED) is 0.476. The van der Waals surface area contributed by atoms with Crippen LogP contribution in [0.1, 0.15) is 0 Å². The van der Waals surface area contributed by atoms with Crippen molar-refractivity contribution in [2.45, 2.75) is 0 Å². The van der Waals surface area contributed by atoms with E-state index in [1.807, 2.05) is 0 Å². The molecule has 0 bridgehead atoms. The summed E-state index contributed by atoms with van der Waals surface area (Å²) >= 11 is 0. The van der Waals surface area contributed by atoms with Crippen molar-refractivity contribution in [2.75, 3.05) is 50.8 Å². The highest BCUT2D eigenvalue weighted by Crippen LogP contribution is 2.34. The van der Waals surface area contributed by atoms with Crippen molar-refractivity contribution >= 4 is 23.2 Å². The molecule has 182 valence electrons. The van der Waals surface area contributed by atoms with E-state index >= 15 is 0 Å². The Hall–Kier alpha value is -4.40. The van der Waals surface area contributed by atoms with Crippen LogP contribution in [-0.4, -0.2) is 52.4 Å². The molecule has 0 aromatic heterocycles. The summed E-state index contributed by atoms with van der Waals surface area (Å²) in [7, 11) is 3.16. The first-order valence-electron chi connectivity index (χ1n) is 11.0. The molecule has 0 saturated carbocycles. The Morgan fingerprint density at radius 1 is 0.914 bits per heavy atom. The fraction of sp³-hybridized carbons (Fsp3) is 0.231. The predicted octanol–water partition coefficient (Wildman–Crippen LogP) is 3.53. The van der Waals surface area contributed by atoms with E-state index in [1.165, 1.54) is 0 Å². The molecule has 0 atom stereocenters. The maximum absolute atomic E-state index is 12.5. The second-order valence-corrected chi connectivity index (χ2v) is 7.56. The molecule has 0 aliphatic carbocycles. The van der Waals surface area contributed by atoms with Gasteiger partial charge in [0.2, 0.25) is 0 Å². The molecule has 0 fully saturated rings. The summed E-state index contributed by atoms with van der Waals surface area (Å²) in [6.07, 6.45) is 0. The molecule has 0 radical (unpaired) electrons. The highest BCUT2D eigenvalue weighted by molar-refractivity contribution is 5.99. The van der Waals surface area contributed by atoms with Crippen LogP contribution in [0.5, 0.6) is 28.7 Å². The summed E-state index contributed by atoms with van der Waals surface area (Å²) in [5, 5.41) is 2.79. The average molecular weight is 479 g/mol. The zero-order valence-corrected chi connectivity index (χ0v) is 19.5. The number of hydrogen-bond acceptors (Lipinski definition) is 7. The van der Waals surface area contributed by atoms with Crippen LogP contribution in [0.15, 0.2) is 66.7 Å². The van der Waals surface area contributed by atoms with E-state index in [2.05, 4.69) is 5.32 Å². The van der Waals surface area contributed by atoms with Gasteiger partial charge in [0, 0.05) is 11.8 Å². The highest BCUT2D eigenvalue weighted by atomic mass is 16.5. The topological polar surface area (TPSA) is 95.6 Å². The molecule has 1 aliphatic heterocycles. The summed E-state index contributed by atoms with van der Waals surface area (Å²) < 4.78 is 27.2. The van der Waals surface area contributed by atoms with Gasteiger partial charge in [-0.15, -0.1) is 0 Å². The number of rotatable bonds is 10. The lowest BCUT2D eigenvalue weighted by molar-refractivity contribution is -0.121. The summed E-state index contributed by atoms with van der Waals surface area (Å²) in [5.74, 6) is 2.58. The molecule has 35 heavy (non-hydrogen) atoms. The molecule has 3 aromatic carbocycles. The Kier molecular flexibility index (Phi) is 7.57. The fourth-order valence-electron chi connectivity index (χ4n) is 3.49. The minimum Gasteiger partial charge on any atom is -0.497 e.